The minimum atomic E-state index is 0.618. The summed E-state index contributed by atoms with van der Waals surface area (Å²) in [5.74, 6) is 1.87. The van der Waals surface area contributed by atoms with Crippen molar-refractivity contribution in [1.29, 1.82) is 0 Å². The molecule has 0 aliphatic carbocycles. The molecule has 0 spiro atoms. The second kappa shape index (κ2) is 15.7. The first-order valence-corrected chi connectivity index (χ1v) is 21.8. The number of aromatic nitrogens is 3. The smallest absolute Gasteiger partial charge is 0.164 e. The summed E-state index contributed by atoms with van der Waals surface area (Å²) < 4.78 is 0. The van der Waals surface area contributed by atoms with Gasteiger partial charge in [0.2, 0.25) is 0 Å². The van der Waals surface area contributed by atoms with E-state index in [1.165, 1.54) is 59.8 Å². The minimum Gasteiger partial charge on any atom is -0.208 e. The van der Waals surface area contributed by atoms with Gasteiger partial charge in [0, 0.05) is 16.7 Å². The summed E-state index contributed by atoms with van der Waals surface area (Å²) in [6, 6.07) is 84.2. The molecule has 3 nitrogen and oxygen atoms in total. The van der Waals surface area contributed by atoms with E-state index in [-0.39, 0.29) is 0 Å². The van der Waals surface area contributed by atoms with Gasteiger partial charge in [-0.2, -0.15) is 0 Å². The summed E-state index contributed by atoms with van der Waals surface area (Å²) >= 11 is 0. The van der Waals surface area contributed by atoms with Crippen molar-refractivity contribution < 1.29 is 0 Å². The van der Waals surface area contributed by atoms with Gasteiger partial charge < -0.3 is 0 Å². The van der Waals surface area contributed by atoms with Crippen LogP contribution in [0.4, 0.5) is 0 Å². The predicted octanol–water partition coefficient (Wildman–Crippen LogP) is 16.2. The van der Waals surface area contributed by atoms with Gasteiger partial charge in [0.05, 0.1) is 0 Å². The van der Waals surface area contributed by atoms with Crippen molar-refractivity contribution in [2.75, 3.05) is 0 Å². The molecule has 0 saturated carbocycles. The molecule has 12 aromatic rings. The first-order chi connectivity index (χ1) is 31.7. The fourth-order valence-electron chi connectivity index (χ4n) is 9.52. The minimum absolute atomic E-state index is 0.618. The second-order valence-corrected chi connectivity index (χ2v) is 16.3. The van der Waals surface area contributed by atoms with Crippen LogP contribution in [0.5, 0.6) is 0 Å². The molecular formula is C61H39N3. The molecule has 1 aromatic heterocycles. The molecule has 0 aliphatic heterocycles. The molecule has 11 aromatic carbocycles. The Labute approximate surface area is 371 Å². The summed E-state index contributed by atoms with van der Waals surface area (Å²) in [4.78, 5) is 15.7. The van der Waals surface area contributed by atoms with Crippen molar-refractivity contribution in [3.05, 3.63) is 237 Å². The number of nitrogens with zero attached hydrogens (tertiary/aromatic N) is 3. The van der Waals surface area contributed by atoms with Crippen molar-refractivity contribution in [3.63, 3.8) is 0 Å². The highest BCUT2D eigenvalue weighted by Gasteiger charge is 2.19. The van der Waals surface area contributed by atoms with Crippen LogP contribution in [0.3, 0.4) is 0 Å². The molecule has 0 atom stereocenters. The molecule has 0 N–H and O–H groups in total. The van der Waals surface area contributed by atoms with Gasteiger partial charge in [-0.1, -0.05) is 231 Å². The maximum absolute atomic E-state index is 5.23. The molecule has 0 amide bonds. The number of hydrogen-bond acceptors (Lipinski definition) is 3. The van der Waals surface area contributed by atoms with Crippen LogP contribution in [0.15, 0.2) is 237 Å². The van der Waals surface area contributed by atoms with E-state index in [2.05, 4.69) is 224 Å². The summed E-state index contributed by atoms with van der Waals surface area (Å²) in [5.41, 5.74) is 12.0. The summed E-state index contributed by atoms with van der Waals surface area (Å²) in [6.07, 6.45) is 0. The van der Waals surface area contributed by atoms with E-state index in [1.54, 1.807) is 0 Å². The predicted molar refractivity (Wildman–Crippen MR) is 268 cm³/mol. The molecule has 1 heterocycles. The average Bonchev–Trinajstić information content (AvgIpc) is 3.38. The monoisotopic (exact) mass is 813 g/mol. The van der Waals surface area contributed by atoms with Gasteiger partial charge in [-0.3, -0.25) is 0 Å². The zero-order valence-corrected chi connectivity index (χ0v) is 34.9. The molecular weight excluding hydrogens is 775 g/mol. The maximum Gasteiger partial charge on any atom is 0.164 e. The van der Waals surface area contributed by atoms with Crippen molar-refractivity contribution in [2.45, 2.75) is 0 Å². The number of benzene rings is 11. The van der Waals surface area contributed by atoms with Crippen LogP contribution < -0.4 is 0 Å². The molecule has 0 saturated heterocycles. The number of hydrogen-bond donors (Lipinski definition) is 0. The van der Waals surface area contributed by atoms with E-state index < -0.39 is 0 Å². The van der Waals surface area contributed by atoms with Crippen LogP contribution in [0, 0.1) is 0 Å². The van der Waals surface area contributed by atoms with Gasteiger partial charge in [-0.05, 0) is 93.7 Å². The standard InChI is InChI=1S/C61H39N3/c1-3-17-40(18-4-1)46-23-11-15-29-55(46)60-62-59(63-61(64-60)56-30-16-12-24-47(56)41-19-5-2-6-20-41)44-33-31-43(32-34-44)49-37-38-53(52-28-14-13-27-51(49)52)58-50-26-10-8-22-45(50)39-57-48-25-9-7-21-42(48)35-36-54(57)58/h1-39H. The highest BCUT2D eigenvalue weighted by atomic mass is 15.0. The third-order valence-electron chi connectivity index (χ3n) is 12.6. The lowest BCUT2D eigenvalue weighted by atomic mass is 9.86. The summed E-state index contributed by atoms with van der Waals surface area (Å²) in [6.45, 7) is 0. The number of fused-ring (bicyclic) bond motifs is 5. The number of rotatable bonds is 7. The van der Waals surface area contributed by atoms with E-state index in [1.807, 2.05) is 12.1 Å². The van der Waals surface area contributed by atoms with Gasteiger partial charge in [-0.15, -0.1) is 0 Å². The lowest BCUT2D eigenvalue weighted by Gasteiger charge is -2.17. The van der Waals surface area contributed by atoms with Crippen molar-refractivity contribution in [1.82, 2.24) is 15.0 Å². The van der Waals surface area contributed by atoms with Crippen LogP contribution >= 0.6 is 0 Å². The van der Waals surface area contributed by atoms with Crippen LogP contribution in [0.1, 0.15) is 0 Å². The zero-order chi connectivity index (χ0) is 42.4. The van der Waals surface area contributed by atoms with Crippen molar-refractivity contribution in [3.8, 4) is 78.7 Å². The van der Waals surface area contributed by atoms with Crippen LogP contribution in [0.25, 0.3) is 122 Å². The molecule has 298 valence electrons. The van der Waals surface area contributed by atoms with Gasteiger partial charge in [0.25, 0.3) is 0 Å². The average molecular weight is 814 g/mol. The third kappa shape index (κ3) is 6.50. The topological polar surface area (TPSA) is 38.7 Å². The quantitative estimate of drug-likeness (QED) is 0.119. The molecule has 0 radical (unpaired) electrons. The summed E-state index contributed by atoms with van der Waals surface area (Å²) in [5, 5.41) is 9.96. The molecule has 0 aliphatic rings. The van der Waals surface area contributed by atoms with E-state index in [0.717, 1.165) is 44.5 Å². The Morgan fingerprint density at radius 3 is 1.27 bits per heavy atom. The Morgan fingerprint density at radius 1 is 0.203 bits per heavy atom. The second-order valence-electron chi connectivity index (χ2n) is 16.3. The molecule has 0 fully saturated rings. The maximum atomic E-state index is 5.23. The Balaban J connectivity index is 1.00. The van der Waals surface area contributed by atoms with Gasteiger partial charge in [0.15, 0.2) is 17.5 Å². The Morgan fingerprint density at radius 2 is 0.641 bits per heavy atom. The van der Waals surface area contributed by atoms with Gasteiger partial charge in [0.1, 0.15) is 0 Å². The van der Waals surface area contributed by atoms with E-state index in [4.69, 9.17) is 15.0 Å². The lowest BCUT2D eigenvalue weighted by molar-refractivity contribution is 1.07. The van der Waals surface area contributed by atoms with Crippen molar-refractivity contribution >= 4 is 43.1 Å². The Hall–Kier alpha value is -8.53. The van der Waals surface area contributed by atoms with E-state index in [9.17, 15) is 0 Å². The summed E-state index contributed by atoms with van der Waals surface area (Å²) in [7, 11) is 0. The van der Waals surface area contributed by atoms with Crippen LogP contribution in [-0.2, 0) is 0 Å². The third-order valence-corrected chi connectivity index (χ3v) is 12.6. The first kappa shape index (κ1) is 37.2. The fraction of sp³-hybridized carbons (Fsp3) is 0. The Bertz CT molecular complexity index is 3610. The first-order valence-electron chi connectivity index (χ1n) is 21.8. The SMILES string of the molecule is c1ccc(-c2ccccc2-c2nc(-c3ccc(-c4ccc(-c5c6ccccc6cc6c5ccc5ccccc56)c5ccccc45)cc3)nc(-c3ccccc3-c3ccccc3)n2)cc1. The highest BCUT2D eigenvalue weighted by molar-refractivity contribution is 6.23. The van der Waals surface area contributed by atoms with E-state index in [0.29, 0.717) is 17.5 Å². The largest absolute Gasteiger partial charge is 0.208 e. The molecule has 3 heteroatoms. The van der Waals surface area contributed by atoms with Gasteiger partial charge in [-0.25, -0.2) is 15.0 Å². The normalized spacial score (nSPS) is 11.4. The zero-order valence-electron chi connectivity index (χ0n) is 34.9. The lowest BCUT2D eigenvalue weighted by Crippen LogP contribution is -2.02. The highest BCUT2D eigenvalue weighted by Crippen LogP contribution is 2.44. The van der Waals surface area contributed by atoms with Crippen LogP contribution in [0.2, 0.25) is 0 Å². The molecule has 64 heavy (non-hydrogen) atoms. The molecule has 0 unspecified atom stereocenters. The Kier molecular flexibility index (Phi) is 9.16. The molecule has 12 rings (SSSR count). The fourth-order valence-corrected chi connectivity index (χ4v) is 9.52. The van der Waals surface area contributed by atoms with Crippen LogP contribution in [-0.4, -0.2) is 15.0 Å². The van der Waals surface area contributed by atoms with Crippen molar-refractivity contribution in [2.24, 2.45) is 0 Å². The van der Waals surface area contributed by atoms with E-state index >= 15 is 0 Å². The van der Waals surface area contributed by atoms with Gasteiger partial charge >= 0.3 is 0 Å². The molecule has 0 bridgehead atoms.